The van der Waals surface area contributed by atoms with Gasteiger partial charge in [0.2, 0.25) is 5.78 Å². The van der Waals surface area contributed by atoms with Gasteiger partial charge in [-0.1, -0.05) is 18.2 Å². The summed E-state index contributed by atoms with van der Waals surface area (Å²) >= 11 is 1.36. The summed E-state index contributed by atoms with van der Waals surface area (Å²) in [6.07, 6.45) is 0. The number of furan rings is 1. The lowest BCUT2D eigenvalue weighted by molar-refractivity contribution is 0.101. The minimum absolute atomic E-state index is 0.137. The van der Waals surface area contributed by atoms with Gasteiger partial charge in [0.1, 0.15) is 16.2 Å². The highest BCUT2D eigenvalue weighted by Crippen LogP contribution is 2.30. The molecule has 3 aromatic rings. The number of ether oxygens (including phenoxy) is 1. The van der Waals surface area contributed by atoms with Crippen molar-refractivity contribution in [1.29, 1.82) is 0 Å². The molecule has 0 aliphatic carbocycles. The van der Waals surface area contributed by atoms with Crippen molar-refractivity contribution in [3.05, 3.63) is 51.9 Å². The van der Waals surface area contributed by atoms with Gasteiger partial charge < -0.3 is 9.15 Å². The fourth-order valence-electron chi connectivity index (χ4n) is 2.06. The number of hydrogen-bond donors (Lipinski definition) is 0. The zero-order valence-corrected chi connectivity index (χ0v) is 11.4. The maximum absolute atomic E-state index is 12.4. The Bertz CT molecular complexity index is 752. The smallest absolute Gasteiger partial charge is 0.241 e. The summed E-state index contributed by atoms with van der Waals surface area (Å²) in [6, 6.07) is 9.42. The number of carbonyl (C=O) groups excluding carboxylic acids is 1. The summed E-state index contributed by atoms with van der Waals surface area (Å²) in [5.41, 5.74) is 1.79. The fraction of sp³-hybridized carbons (Fsp3) is 0.133. The molecule has 0 saturated carbocycles. The lowest BCUT2D eigenvalue weighted by Crippen LogP contribution is -1.98. The van der Waals surface area contributed by atoms with E-state index in [9.17, 15) is 4.79 Å². The lowest BCUT2D eigenvalue weighted by atomic mass is 10.1. The molecule has 0 amide bonds. The molecule has 0 atom stereocenters. The van der Waals surface area contributed by atoms with Crippen LogP contribution in [0.1, 0.15) is 21.0 Å². The predicted molar refractivity (Wildman–Crippen MR) is 75.3 cm³/mol. The number of thiophene rings is 1. The molecule has 0 aliphatic heterocycles. The molecule has 0 spiro atoms. The highest BCUT2D eigenvalue weighted by Gasteiger charge is 2.20. The third kappa shape index (κ3) is 1.94. The van der Waals surface area contributed by atoms with Gasteiger partial charge in [-0.05, 0) is 30.0 Å². The standard InChI is InChI=1S/C15H12O3S/c1-9-4-3-5-10-8-12(18-14(9)10)13(16)15-11(17-2)6-7-19-15/h3-8H,1-2H3. The average molecular weight is 272 g/mol. The maximum Gasteiger partial charge on any atom is 0.241 e. The van der Waals surface area contributed by atoms with E-state index in [1.54, 1.807) is 19.2 Å². The molecule has 0 fully saturated rings. The zero-order valence-electron chi connectivity index (χ0n) is 10.6. The minimum atomic E-state index is -0.137. The van der Waals surface area contributed by atoms with Gasteiger partial charge in [0.05, 0.1) is 7.11 Å². The number of para-hydroxylation sites is 1. The van der Waals surface area contributed by atoms with Crippen LogP contribution in [-0.4, -0.2) is 12.9 Å². The Morgan fingerprint density at radius 2 is 2.16 bits per heavy atom. The first-order valence-electron chi connectivity index (χ1n) is 5.86. The van der Waals surface area contributed by atoms with Gasteiger partial charge in [0.15, 0.2) is 5.76 Å². The second kappa shape index (κ2) is 4.55. The van der Waals surface area contributed by atoms with Crippen LogP contribution in [0.5, 0.6) is 5.75 Å². The average Bonchev–Trinajstić information content (AvgIpc) is 3.04. The molecule has 2 aromatic heterocycles. The fourth-order valence-corrected chi connectivity index (χ4v) is 2.86. The van der Waals surface area contributed by atoms with Crippen LogP contribution in [0, 0.1) is 6.92 Å². The van der Waals surface area contributed by atoms with Crippen LogP contribution < -0.4 is 4.74 Å². The third-order valence-corrected chi connectivity index (χ3v) is 3.91. The van der Waals surface area contributed by atoms with E-state index < -0.39 is 0 Å². The normalized spacial score (nSPS) is 10.8. The second-order valence-corrected chi connectivity index (χ2v) is 5.17. The van der Waals surface area contributed by atoms with Gasteiger partial charge in [-0.2, -0.15) is 0 Å². The molecule has 2 heterocycles. The van der Waals surface area contributed by atoms with Crippen molar-refractivity contribution < 1.29 is 13.9 Å². The van der Waals surface area contributed by atoms with Crippen LogP contribution in [0.3, 0.4) is 0 Å². The van der Waals surface area contributed by atoms with Gasteiger partial charge in [-0.3, -0.25) is 4.79 Å². The number of fused-ring (bicyclic) bond motifs is 1. The molecule has 0 saturated heterocycles. The predicted octanol–water partition coefficient (Wildman–Crippen LogP) is 4.04. The topological polar surface area (TPSA) is 39.4 Å². The molecule has 0 bridgehead atoms. The molecule has 96 valence electrons. The van der Waals surface area contributed by atoms with Crippen molar-refractivity contribution in [2.75, 3.05) is 7.11 Å². The number of ketones is 1. The second-order valence-electron chi connectivity index (χ2n) is 4.25. The number of carbonyl (C=O) groups is 1. The molecule has 0 N–H and O–H groups in total. The Hall–Kier alpha value is -2.07. The molecule has 3 nitrogen and oxygen atoms in total. The molecule has 0 radical (unpaired) electrons. The summed E-state index contributed by atoms with van der Waals surface area (Å²) in [7, 11) is 1.56. The van der Waals surface area contributed by atoms with Crippen LogP contribution >= 0.6 is 11.3 Å². The van der Waals surface area contributed by atoms with Gasteiger partial charge in [0.25, 0.3) is 0 Å². The van der Waals surface area contributed by atoms with E-state index in [4.69, 9.17) is 9.15 Å². The Kier molecular flexibility index (Phi) is 2.87. The number of methoxy groups -OCH3 is 1. The van der Waals surface area contributed by atoms with Crippen molar-refractivity contribution in [3.63, 3.8) is 0 Å². The molecular weight excluding hydrogens is 260 g/mol. The van der Waals surface area contributed by atoms with E-state index in [-0.39, 0.29) is 5.78 Å². The SMILES string of the molecule is COc1ccsc1C(=O)c1cc2cccc(C)c2o1. The van der Waals surface area contributed by atoms with Crippen LogP contribution in [-0.2, 0) is 0 Å². The summed E-state index contributed by atoms with van der Waals surface area (Å²) < 4.78 is 10.9. The first-order chi connectivity index (χ1) is 9.20. The van der Waals surface area contributed by atoms with E-state index >= 15 is 0 Å². The maximum atomic E-state index is 12.4. The highest BCUT2D eigenvalue weighted by atomic mass is 32.1. The van der Waals surface area contributed by atoms with Crippen molar-refractivity contribution >= 4 is 28.1 Å². The molecule has 4 heteroatoms. The molecule has 3 rings (SSSR count). The summed E-state index contributed by atoms with van der Waals surface area (Å²) in [4.78, 5) is 13.0. The third-order valence-electron chi connectivity index (χ3n) is 3.02. The summed E-state index contributed by atoms with van der Waals surface area (Å²) in [5, 5.41) is 2.78. The zero-order chi connectivity index (χ0) is 13.4. The lowest BCUT2D eigenvalue weighted by Gasteiger charge is -1.98. The minimum Gasteiger partial charge on any atom is -0.495 e. The van der Waals surface area contributed by atoms with E-state index in [1.807, 2.05) is 30.5 Å². The van der Waals surface area contributed by atoms with Gasteiger partial charge >= 0.3 is 0 Å². The first kappa shape index (κ1) is 12.0. The van der Waals surface area contributed by atoms with Gasteiger partial charge in [-0.25, -0.2) is 0 Å². The number of benzene rings is 1. The van der Waals surface area contributed by atoms with Crippen LogP contribution in [0.25, 0.3) is 11.0 Å². The Morgan fingerprint density at radius 1 is 1.32 bits per heavy atom. The van der Waals surface area contributed by atoms with Crippen LogP contribution in [0.4, 0.5) is 0 Å². The van der Waals surface area contributed by atoms with E-state index in [0.717, 1.165) is 16.5 Å². The van der Waals surface area contributed by atoms with Crippen molar-refractivity contribution in [1.82, 2.24) is 0 Å². The van der Waals surface area contributed by atoms with Crippen LogP contribution in [0.2, 0.25) is 0 Å². The largest absolute Gasteiger partial charge is 0.495 e. The van der Waals surface area contributed by atoms with Gasteiger partial charge in [0, 0.05) is 5.39 Å². The Morgan fingerprint density at radius 3 is 2.89 bits per heavy atom. The molecule has 0 unspecified atom stereocenters. The number of rotatable bonds is 3. The highest BCUT2D eigenvalue weighted by molar-refractivity contribution is 7.12. The van der Waals surface area contributed by atoms with Crippen molar-refractivity contribution in [2.24, 2.45) is 0 Å². The Balaban J connectivity index is 2.09. The number of hydrogen-bond acceptors (Lipinski definition) is 4. The summed E-state index contributed by atoms with van der Waals surface area (Å²) in [6.45, 7) is 1.96. The first-order valence-corrected chi connectivity index (χ1v) is 6.74. The quantitative estimate of drug-likeness (QED) is 0.675. The molecular formula is C15H12O3S. The van der Waals surface area contributed by atoms with E-state index in [1.165, 1.54) is 11.3 Å². The van der Waals surface area contributed by atoms with E-state index in [2.05, 4.69) is 0 Å². The summed E-state index contributed by atoms with van der Waals surface area (Å²) in [5.74, 6) is 0.805. The molecule has 19 heavy (non-hydrogen) atoms. The monoisotopic (exact) mass is 272 g/mol. The number of aryl methyl sites for hydroxylation is 1. The van der Waals surface area contributed by atoms with Crippen molar-refractivity contribution in [3.8, 4) is 5.75 Å². The van der Waals surface area contributed by atoms with Crippen molar-refractivity contribution in [2.45, 2.75) is 6.92 Å². The van der Waals surface area contributed by atoms with E-state index in [0.29, 0.717) is 16.4 Å². The molecule has 1 aromatic carbocycles. The molecule has 0 aliphatic rings. The van der Waals surface area contributed by atoms with Crippen LogP contribution in [0.15, 0.2) is 40.1 Å². The Labute approximate surface area is 114 Å². The van der Waals surface area contributed by atoms with Gasteiger partial charge in [-0.15, -0.1) is 11.3 Å².